The minimum atomic E-state index is -0.708. The van der Waals surface area contributed by atoms with E-state index in [2.05, 4.69) is 28.0 Å². The molecule has 0 aliphatic carbocycles. The Balaban J connectivity index is 0.000000212. The Bertz CT molecular complexity index is 784. The smallest absolute Gasteiger partial charge is 0.231 e. The zero-order valence-corrected chi connectivity index (χ0v) is 13.9. The zero-order chi connectivity index (χ0) is 18.1. The summed E-state index contributed by atoms with van der Waals surface area (Å²) in [6, 6.07) is 10.1. The van der Waals surface area contributed by atoms with Gasteiger partial charge in [-0.05, 0) is 50.7 Å². The second-order valence-electron chi connectivity index (χ2n) is 5.57. The van der Waals surface area contributed by atoms with Crippen LogP contribution in [0.2, 0.25) is 0 Å². The number of ether oxygens (including phenoxy) is 1. The molecular weight excluding hydrogens is 321 g/mol. The van der Waals surface area contributed by atoms with Crippen molar-refractivity contribution in [3.8, 4) is 18.0 Å². The number of rotatable bonds is 2. The van der Waals surface area contributed by atoms with Crippen LogP contribution in [0.5, 0.6) is 5.88 Å². The van der Waals surface area contributed by atoms with Crippen LogP contribution in [-0.4, -0.2) is 41.1 Å². The third-order valence-electron chi connectivity index (χ3n) is 3.63. The summed E-state index contributed by atoms with van der Waals surface area (Å²) >= 11 is 0. The first-order valence-corrected chi connectivity index (χ1v) is 7.85. The summed E-state index contributed by atoms with van der Waals surface area (Å²) in [6.07, 6.45) is 5.28. The number of hydrogen-bond acceptors (Lipinski definition) is 6. The van der Waals surface area contributed by atoms with Crippen molar-refractivity contribution in [2.45, 2.75) is 18.9 Å². The zero-order valence-electron chi connectivity index (χ0n) is 13.9. The molecule has 2 aromatic rings. The van der Waals surface area contributed by atoms with E-state index in [-0.39, 0.29) is 11.7 Å². The fourth-order valence-electron chi connectivity index (χ4n) is 2.41. The van der Waals surface area contributed by atoms with Crippen LogP contribution in [0, 0.1) is 28.6 Å². The van der Waals surface area contributed by atoms with Gasteiger partial charge in [0.1, 0.15) is 29.4 Å². The molecule has 1 fully saturated rings. The minimum Gasteiger partial charge on any atom is -0.472 e. The van der Waals surface area contributed by atoms with Crippen molar-refractivity contribution >= 4 is 0 Å². The maximum Gasteiger partial charge on any atom is 0.231 e. The van der Waals surface area contributed by atoms with Crippen LogP contribution < -0.4 is 4.74 Å². The van der Waals surface area contributed by atoms with Crippen LogP contribution in [0.3, 0.4) is 0 Å². The number of nitrogens with zero attached hydrogens (tertiary/aromatic N) is 5. The second kappa shape index (κ2) is 9.31. The molecule has 1 unspecified atom stereocenters. The van der Waals surface area contributed by atoms with Crippen LogP contribution in [0.4, 0.5) is 4.39 Å². The van der Waals surface area contributed by atoms with E-state index in [0.717, 1.165) is 25.9 Å². The van der Waals surface area contributed by atoms with Crippen LogP contribution >= 0.6 is 0 Å². The topological polar surface area (TPSA) is 85.8 Å². The van der Waals surface area contributed by atoms with Gasteiger partial charge in [0.2, 0.25) is 11.8 Å². The SMILES string of the molecule is CN1CCCC(Oc2ncccc2C#N)C1.N#Cc1cccnc1F. The van der Waals surface area contributed by atoms with E-state index in [1.165, 1.54) is 18.3 Å². The monoisotopic (exact) mass is 339 g/mol. The van der Waals surface area contributed by atoms with Crippen LogP contribution in [0.25, 0.3) is 0 Å². The molecule has 3 heterocycles. The van der Waals surface area contributed by atoms with Crippen LogP contribution in [0.15, 0.2) is 36.7 Å². The molecule has 6 nitrogen and oxygen atoms in total. The second-order valence-corrected chi connectivity index (χ2v) is 5.57. The van der Waals surface area contributed by atoms with Gasteiger partial charge < -0.3 is 9.64 Å². The summed E-state index contributed by atoms with van der Waals surface area (Å²) < 4.78 is 18.0. The van der Waals surface area contributed by atoms with Crippen molar-refractivity contribution in [2.24, 2.45) is 0 Å². The average molecular weight is 339 g/mol. The van der Waals surface area contributed by atoms with Crippen molar-refractivity contribution < 1.29 is 9.13 Å². The van der Waals surface area contributed by atoms with E-state index in [9.17, 15) is 4.39 Å². The summed E-state index contributed by atoms with van der Waals surface area (Å²) in [5, 5.41) is 17.1. The Morgan fingerprint density at radius 2 is 1.84 bits per heavy atom. The van der Waals surface area contributed by atoms with Gasteiger partial charge in [-0.25, -0.2) is 9.97 Å². The van der Waals surface area contributed by atoms with E-state index in [1.807, 2.05) is 0 Å². The summed E-state index contributed by atoms with van der Waals surface area (Å²) in [4.78, 5) is 9.61. The Hall–Kier alpha value is -3.03. The van der Waals surface area contributed by atoms with E-state index in [4.69, 9.17) is 15.3 Å². The Morgan fingerprint density at radius 1 is 1.16 bits per heavy atom. The molecule has 0 saturated carbocycles. The number of piperidine rings is 1. The van der Waals surface area contributed by atoms with Crippen molar-refractivity contribution in [3.63, 3.8) is 0 Å². The van der Waals surface area contributed by atoms with Crippen molar-refractivity contribution in [1.29, 1.82) is 10.5 Å². The molecule has 128 valence electrons. The maximum absolute atomic E-state index is 12.3. The molecule has 0 spiro atoms. The molecule has 7 heteroatoms. The van der Waals surface area contributed by atoms with Gasteiger partial charge in [-0.15, -0.1) is 0 Å². The fourth-order valence-corrected chi connectivity index (χ4v) is 2.41. The quantitative estimate of drug-likeness (QED) is 0.782. The largest absolute Gasteiger partial charge is 0.472 e. The minimum absolute atomic E-state index is 0.0162. The molecule has 1 aliphatic rings. The molecular formula is C18H18FN5O. The van der Waals surface area contributed by atoms with Crippen molar-refractivity contribution in [2.75, 3.05) is 20.1 Å². The lowest BCUT2D eigenvalue weighted by Gasteiger charge is -2.29. The Labute approximate surface area is 146 Å². The van der Waals surface area contributed by atoms with Gasteiger partial charge in [-0.1, -0.05) is 0 Å². The number of likely N-dealkylation sites (tertiary alicyclic amines) is 1. The highest BCUT2D eigenvalue weighted by Crippen LogP contribution is 2.18. The summed E-state index contributed by atoms with van der Waals surface area (Å²) in [7, 11) is 2.08. The number of aromatic nitrogens is 2. The van der Waals surface area contributed by atoms with Crippen molar-refractivity contribution in [1.82, 2.24) is 14.9 Å². The first-order valence-electron chi connectivity index (χ1n) is 7.85. The number of hydrogen-bond donors (Lipinski definition) is 0. The molecule has 2 aromatic heterocycles. The normalized spacial score (nSPS) is 16.7. The number of halogens is 1. The molecule has 1 aliphatic heterocycles. The van der Waals surface area contributed by atoms with Gasteiger partial charge in [0.25, 0.3) is 0 Å². The average Bonchev–Trinajstić information content (AvgIpc) is 2.63. The van der Waals surface area contributed by atoms with Crippen LogP contribution in [0.1, 0.15) is 24.0 Å². The number of nitriles is 2. The van der Waals surface area contributed by atoms with Gasteiger partial charge in [0.05, 0.1) is 0 Å². The molecule has 0 aromatic carbocycles. The van der Waals surface area contributed by atoms with Gasteiger partial charge in [0, 0.05) is 18.9 Å². The lowest BCUT2D eigenvalue weighted by atomic mass is 10.1. The molecule has 25 heavy (non-hydrogen) atoms. The number of likely N-dealkylation sites (N-methyl/N-ethyl adjacent to an activating group) is 1. The first kappa shape index (κ1) is 18.3. The molecule has 0 radical (unpaired) electrons. The summed E-state index contributed by atoms with van der Waals surface area (Å²) in [5.74, 6) is -0.245. The van der Waals surface area contributed by atoms with E-state index >= 15 is 0 Å². The van der Waals surface area contributed by atoms with E-state index in [1.54, 1.807) is 24.4 Å². The molecule has 1 atom stereocenters. The highest BCUT2D eigenvalue weighted by atomic mass is 19.1. The van der Waals surface area contributed by atoms with E-state index in [0.29, 0.717) is 11.4 Å². The third kappa shape index (κ3) is 5.52. The predicted octanol–water partition coefficient (Wildman–Crippen LogP) is 2.52. The van der Waals surface area contributed by atoms with Gasteiger partial charge in [-0.2, -0.15) is 14.9 Å². The van der Waals surface area contributed by atoms with Crippen molar-refractivity contribution in [3.05, 3.63) is 53.7 Å². The molecule has 0 N–H and O–H groups in total. The van der Waals surface area contributed by atoms with Gasteiger partial charge >= 0.3 is 0 Å². The molecule has 0 bridgehead atoms. The highest BCUT2D eigenvalue weighted by Gasteiger charge is 2.20. The molecule has 0 amide bonds. The van der Waals surface area contributed by atoms with Crippen LogP contribution in [-0.2, 0) is 0 Å². The molecule has 1 saturated heterocycles. The third-order valence-corrected chi connectivity index (χ3v) is 3.63. The lowest BCUT2D eigenvalue weighted by molar-refractivity contribution is 0.0997. The Morgan fingerprint density at radius 3 is 2.44 bits per heavy atom. The standard InChI is InChI=1S/C12H15N3O.C6H3FN2/c1-15-7-3-5-11(9-15)16-12-10(8-13)4-2-6-14-12;7-6-5(4-8)2-1-3-9-6/h2,4,6,11H,3,5,7,9H2,1H3;1-3H. The predicted molar refractivity (Wildman–Crippen MR) is 89.0 cm³/mol. The first-order chi connectivity index (χ1) is 12.1. The highest BCUT2D eigenvalue weighted by molar-refractivity contribution is 5.37. The van der Waals surface area contributed by atoms with E-state index < -0.39 is 5.95 Å². The maximum atomic E-state index is 12.3. The lowest BCUT2D eigenvalue weighted by Crippen LogP contribution is -2.38. The summed E-state index contributed by atoms with van der Waals surface area (Å²) in [6.45, 7) is 2.02. The fraction of sp³-hybridized carbons (Fsp3) is 0.333. The Kier molecular flexibility index (Phi) is 6.82. The van der Waals surface area contributed by atoms with Gasteiger partial charge in [-0.3, -0.25) is 0 Å². The molecule has 3 rings (SSSR count). The number of pyridine rings is 2. The van der Waals surface area contributed by atoms with Gasteiger partial charge in [0.15, 0.2) is 0 Å². The summed E-state index contributed by atoms with van der Waals surface area (Å²) in [5.41, 5.74) is 0.494.